The fraction of sp³-hybridized carbons (Fsp3) is 0.143. The number of nitrogens with zero attached hydrogens (tertiary/aromatic N) is 1. The summed E-state index contributed by atoms with van der Waals surface area (Å²) in [7, 11) is 1.20. The van der Waals surface area contributed by atoms with Gasteiger partial charge in [0.05, 0.1) is 5.69 Å². The van der Waals surface area contributed by atoms with E-state index in [9.17, 15) is 13.2 Å². The van der Waals surface area contributed by atoms with Gasteiger partial charge in [-0.1, -0.05) is 0 Å². The summed E-state index contributed by atoms with van der Waals surface area (Å²) >= 11 is 0. The van der Waals surface area contributed by atoms with E-state index >= 15 is 0 Å². The Balaban J connectivity index is 3.34. The van der Waals surface area contributed by atoms with Crippen LogP contribution in [0.3, 0.4) is 0 Å². The normalized spacial score (nSPS) is 11.3. The number of carbonyl (C=O) groups is 1. The number of aromatic nitrogens is 1. The molecule has 0 saturated carbocycles. The molecule has 0 aromatic carbocycles. The van der Waals surface area contributed by atoms with E-state index < -0.39 is 9.05 Å². The van der Waals surface area contributed by atoms with Gasteiger partial charge in [-0.25, -0.2) is 13.4 Å². The Morgan fingerprint density at radius 1 is 1.57 bits per heavy atom. The maximum absolute atomic E-state index is 10.9. The summed E-state index contributed by atoms with van der Waals surface area (Å²) in [6.45, 7) is 1.29. The van der Waals surface area contributed by atoms with Gasteiger partial charge in [-0.05, 0) is 6.07 Å². The van der Waals surface area contributed by atoms with Crippen molar-refractivity contribution in [2.75, 3.05) is 5.73 Å². The molecule has 0 aliphatic heterocycles. The van der Waals surface area contributed by atoms with Crippen molar-refractivity contribution in [2.45, 2.75) is 11.8 Å². The Morgan fingerprint density at radius 2 is 2.14 bits per heavy atom. The number of nitrogens with two attached hydrogens (primary N) is 1. The minimum Gasteiger partial charge on any atom is -0.397 e. The van der Waals surface area contributed by atoms with Gasteiger partial charge in [-0.15, -0.1) is 0 Å². The monoisotopic (exact) mass is 234 g/mol. The van der Waals surface area contributed by atoms with Crippen molar-refractivity contribution in [3.63, 3.8) is 0 Å². The molecule has 1 heterocycles. The molecule has 0 bridgehead atoms. The maximum Gasteiger partial charge on any atom is 0.262 e. The van der Waals surface area contributed by atoms with Crippen molar-refractivity contribution < 1.29 is 13.2 Å². The summed E-state index contributed by atoms with van der Waals surface area (Å²) in [5, 5.41) is 0. The Bertz CT molecular complexity index is 484. The Morgan fingerprint density at radius 3 is 2.50 bits per heavy atom. The molecular weight excluding hydrogens is 228 g/mol. The SMILES string of the molecule is CC(=O)c1ncc(S(=O)(=O)Cl)cc1N. The number of ketones is 1. The summed E-state index contributed by atoms with van der Waals surface area (Å²) < 4.78 is 21.7. The average molecular weight is 235 g/mol. The van der Waals surface area contributed by atoms with Crippen molar-refractivity contribution >= 4 is 31.2 Å². The van der Waals surface area contributed by atoms with Crippen LogP contribution in [-0.4, -0.2) is 19.2 Å². The van der Waals surface area contributed by atoms with Gasteiger partial charge in [0.15, 0.2) is 5.78 Å². The van der Waals surface area contributed by atoms with E-state index in [0.717, 1.165) is 12.3 Å². The third-order valence-corrected chi connectivity index (χ3v) is 2.83. The molecular formula is C7H7ClN2O3S. The van der Waals surface area contributed by atoms with Crippen LogP contribution in [0.2, 0.25) is 0 Å². The van der Waals surface area contributed by atoms with E-state index in [-0.39, 0.29) is 22.1 Å². The number of halogens is 1. The highest BCUT2D eigenvalue weighted by atomic mass is 35.7. The topological polar surface area (TPSA) is 90.1 Å². The quantitative estimate of drug-likeness (QED) is 0.604. The summed E-state index contributed by atoms with van der Waals surface area (Å²) in [6, 6.07) is 1.10. The number of anilines is 1. The highest BCUT2D eigenvalue weighted by Crippen LogP contribution is 2.18. The second-order valence-electron chi connectivity index (χ2n) is 2.60. The molecule has 7 heteroatoms. The van der Waals surface area contributed by atoms with E-state index in [0.29, 0.717) is 0 Å². The standard InChI is InChI=1S/C7H7ClN2O3S/c1-4(11)7-6(9)2-5(3-10-7)14(8,12)13/h2-3H,9H2,1H3. The number of hydrogen-bond donors (Lipinski definition) is 1. The maximum atomic E-state index is 10.9. The second-order valence-corrected chi connectivity index (χ2v) is 5.17. The van der Waals surface area contributed by atoms with Crippen LogP contribution in [0.4, 0.5) is 5.69 Å². The molecule has 0 saturated heterocycles. The smallest absolute Gasteiger partial charge is 0.262 e. The zero-order valence-electron chi connectivity index (χ0n) is 7.19. The number of carbonyl (C=O) groups excluding carboxylic acids is 1. The lowest BCUT2D eigenvalue weighted by molar-refractivity contribution is 0.101. The van der Waals surface area contributed by atoms with Crippen molar-refractivity contribution in [3.05, 3.63) is 18.0 Å². The summed E-state index contributed by atoms with van der Waals surface area (Å²) in [6.07, 6.45) is 0.995. The van der Waals surface area contributed by atoms with Gasteiger partial charge in [0, 0.05) is 23.8 Å². The van der Waals surface area contributed by atoms with Crippen molar-refractivity contribution in [2.24, 2.45) is 0 Å². The average Bonchev–Trinajstić information content (AvgIpc) is 2.01. The van der Waals surface area contributed by atoms with Crippen LogP contribution in [0.5, 0.6) is 0 Å². The predicted molar refractivity (Wildman–Crippen MR) is 51.7 cm³/mol. The molecule has 5 nitrogen and oxygen atoms in total. The molecule has 0 amide bonds. The fourth-order valence-corrected chi connectivity index (χ4v) is 1.59. The van der Waals surface area contributed by atoms with Crippen LogP contribution >= 0.6 is 10.7 Å². The third-order valence-electron chi connectivity index (χ3n) is 1.51. The minimum absolute atomic E-state index is 0.000718. The lowest BCUT2D eigenvalue weighted by atomic mass is 10.2. The van der Waals surface area contributed by atoms with Gasteiger partial charge in [-0.2, -0.15) is 0 Å². The zero-order chi connectivity index (χ0) is 10.9. The first-order valence-electron chi connectivity index (χ1n) is 3.53. The lowest BCUT2D eigenvalue weighted by Gasteiger charge is -2.01. The van der Waals surface area contributed by atoms with Crippen LogP contribution in [-0.2, 0) is 9.05 Å². The molecule has 1 rings (SSSR count). The van der Waals surface area contributed by atoms with Crippen molar-refractivity contribution in [3.8, 4) is 0 Å². The molecule has 1 aromatic rings. The van der Waals surface area contributed by atoms with Gasteiger partial charge in [0.1, 0.15) is 10.6 Å². The number of Topliss-reactive ketones (excluding diaryl/α,β-unsaturated/α-hetero) is 1. The summed E-state index contributed by atoms with van der Waals surface area (Å²) in [5.41, 5.74) is 5.45. The van der Waals surface area contributed by atoms with Gasteiger partial charge in [0.2, 0.25) is 0 Å². The number of rotatable bonds is 2. The zero-order valence-corrected chi connectivity index (χ0v) is 8.76. The molecule has 0 unspecified atom stereocenters. The van der Waals surface area contributed by atoms with Crippen LogP contribution in [0.15, 0.2) is 17.2 Å². The molecule has 0 aliphatic rings. The third kappa shape index (κ3) is 2.21. The fourth-order valence-electron chi connectivity index (χ4n) is 0.889. The first-order chi connectivity index (χ1) is 6.32. The van der Waals surface area contributed by atoms with E-state index in [4.69, 9.17) is 16.4 Å². The van der Waals surface area contributed by atoms with Crippen LogP contribution in [0.25, 0.3) is 0 Å². The lowest BCUT2D eigenvalue weighted by Crippen LogP contribution is -2.05. The van der Waals surface area contributed by atoms with E-state index in [2.05, 4.69) is 4.98 Å². The molecule has 0 spiro atoms. The molecule has 0 atom stereocenters. The molecule has 0 aliphatic carbocycles. The highest BCUT2D eigenvalue weighted by Gasteiger charge is 2.14. The number of nitrogen functional groups attached to an aromatic ring is 1. The van der Waals surface area contributed by atoms with Crippen LogP contribution in [0, 0.1) is 0 Å². The number of hydrogen-bond acceptors (Lipinski definition) is 5. The molecule has 0 fully saturated rings. The van der Waals surface area contributed by atoms with Crippen molar-refractivity contribution in [1.82, 2.24) is 4.98 Å². The summed E-state index contributed by atoms with van der Waals surface area (Å²) in [4.78, 5) is 14.3. The summed E-state index contributed by atoms with van der Waals surface area (Å²) in [5.74, 6) is -0.332. The molecule has 0 radical (unpaired) electrons. The largest absolute Gasteiger partial charge is 0.397 e. The van der Waals surface area contributed by atoms with E-state index in [1.54, 1.807) is 0 Å². The van der Waals surface area contributed by atoms with Crippen LogP contribution < -0.4 is 5.73 Å². The highest BCUT2D eigenvalue weighted by molar-refractivity contribution is 8.13. The van der Waals surface area contributed by atoms with Gasteiger partial charge in [0.25, 0.3) is 9.05 Å². The second kappa shape index (κ2) is 3.55. The first kappa shape index (κ1) is 10.9. The molecule has 14 heavy (non-hydrogen) atoms. The molecule has 76 valence electrons. The Hall–Kier alpha value is -1.14. The van der Waals surface area contributed by atoms with E-state index in [1.807, 2.05) is 0 Å². The number of pyridine rings is 1. The molecule has 2 N–H and O–H groups in total. The molecule has 1 aromatic heterocycles. The van der Waals surface area contributed by atoms with Crippen molar-refractivity contribution in [1.29, 1.82) is 0 Å². The minimum atomic E-state index is -3.85. The van der Waals surface area contributed by atoms with Gasteiger partial charge in [-0.3, -0.25) is 4.79 Å². The first-order valence-corrected chi connectivity index (χ1v) is 5.84. The Labute approximate surface area is 85.3 Å². The van der Waals surface area contributed by atoms with E-state index in [1.165, 1.54) is 6.92 Å². The Kier molecular flexibility index (Phi) is 2.77. The predicted octanol–water partition coefficient (Wildman–Crippen LogP) is 0.794. The van der Waals surface area contributed by atoms with Gasteiger partial charge >= 0.3 is 0 Å². The van der Waals surface area contributed by atoms with Crippen LogP contribution in [0.1, 0.15) is 17.4 Å². The van der Waals surface area contributed by atoms with Gasteiger partial charge < -0.3 is 5.73 Å².